The predicted octanol–water partition coefficient (Wildman–Crippen LogP) is 6.15. The first-order valence-corrected chi connectivity index (χ1v) is 9.89. The Labute approximate surface area is 169 Å². The van der Waals surface area contributed by atoms with Crippen LogP contribution in [0.4, 0.5) is 5.69 Å². The van der Waals surface area contributed by atoms with E-state index in [1.807, 2.05) is 18.2 Å². The van der Waals surface area contributed by atoms with Gasteiger partial charge in [0, 0.05) is 33.8 Å². The Kier molecular flexibility index (Phi) is 5.18. The topological polar surface area (TPSA) is 21.7 Å². The van der Waals surface area contributed by atoms with Crippen molar-refractivity contribution in [1.82, 2.24) is 0 Å². The summed E-state index contributed by atoms with van der Waals surface area (Å²) in [6.45, 7) is 1.88. The van der Waals surface area contributed by atoms with Crippen molar-refractivity contribution in [2.75, 3.05) is 11.7 Å². The Hall–Kier alpha value is -1.98. The SMILES string of the molecule is Brc1cccc(CN(Cc2cccc(Br)c2)c2ccc3c(c2)OCO3)c1. The van der Waals surface area contributed by atoms with E-state index in [9.17, 15) is 0 Å². The fourth-order valence-electron chi connectivity index (χ4n) is 3.03. The summed E-state index contributed by atoms with van der Waals surface area (Å²) in [7, 11) is 0. The van der Waals surface area contributed by atoms with E-state index in [2.05, 4.69) is 85.3 Å². The van der Waals surface area contributed by atoms with Crippen molar-refractivity contribution in [2.24, 2.45) is 0 Å². The molecule has 132 valence electrons. The first-order valence-electron chi connectivity index (χ1n) is 8.31. The summed E-state index contributed by atoms with van der Waals surface area (Å²) in [6, 6.07) is 22.9. The smallest absolute Gasteiger partial charge is 0.231 e. The molecule has 4 rings (SSSR count). The summed E-state index contributed by atoms with van der Waals surface area (Å²) in [5.74, 6) is 1.61. The second-order valence-corrected chi connectivity index (χ2v) is 7.98. The summed E-state index contributed by atoms with van der Waals surface area (Å²) in [5, 5.41) is 0. The van der Waals surface area contributed by atoms with E-state index < -0.39 is 0 Å². The van der Waals surface area contributed by atoms with Crippen LogP contribution in [0, 0.1) is 0 Å². The van der Waals surface area contributed by atoms with Gasteiger partial charge in [-0.1, -0.05) is 56.1 Å². The quantitative estimate of drug-likeness (QED) is 0.442. The van der Waals surface area contributed by atoms with Crippen molar-refractivity contribution in [3.05, 3.63) is 86.8 Å². The molecule has 3 nitrogen and oxygen atoms in total. The number of halogens is 2. The summed E-state index contributed by atoms with van der Waals surface area (Å²) in [6.07, 6.45) is 0. The number of hydrogen-bond donors (Lipinski definition) is 0. The lowest BCUT2D eigenvalue weighted by atomic mass is 10.1. The van der Waals surface area contributed by atoms with E-state index in [0.29, 0.717) is 0 Å². The number of hydrogen-bond acceptors (Lipinski definition) is 3. The highest BCUT2D eigenvalue weighted by Crippen LogP contribution is 2.36. The number of fused-ring (bicyclic) bond motifs is 1. The van der Waals surface area contributed by atoms with Crippen molar-refractivity contribution in [3.8, 4) is 11.5 Å². The molecular weight excluding hydrogens is 458 g/mol. The third kappa shape index (κ3) is 4.05. The highest BCUT2D eigenvalue weighted by Gasteiger charge is 2.17. The van der Waals surface area contributed by atoms with E-state index in [1.54, 1.807) is 0 Å². The second-order valence-electron chi connectivity index (χ2n) is 6.15. The maximum atomic E-state index is 5.56. The lowest BCUT2D eigenvalue weighted by Gasteiger charge is -2.26. The molecule has 0 spiro atoms. The Morgan fingerprint density at radius 3 is 1.96 bits per heavy atom. The lowest BCUT2D eigenvalue weighted by Crippen LogP contribution is -2.22. The van der Waals surface area contributed by atoms with Crippen molar-refractivity contribution in [2.45, 2.75) is 13.1 Å². The third-order valence-corrected chi connectivity index (χ3v) is 5.23. The van der Waals surface area contributed by atoms with Gasteiger partial charge in [-0.15, -0.1) is 0 Å². The Bertz CT molecular complexity index is 882. The number of anilines is 1. The molecule has 1 aliphatic rings. The summed E-state index contributed by atoms with van der Waals surface area (Å²) >= 11 is 7.13. The van der Waals surface area contributed by atoms with E-state index in [0.717, 1.165) is 39.2 Å². The van der Waals surface area contributed by atoms with Gasteiger partial charge in [0.15, 0.2) is 11.5 Å². The van der Waals surface area contributed by atoms with Gasteiger partial charge >= 0.3 is 0 Å². The molecule has 0 aliphatic carbocycles. The zero-order valence-corrected chi connectivity index (χ0v) is 17.2. The van der Waals surface area contributed by atoms with E-state index >= 15 is 0 Å². The minimum Gasteiger partial charge on any atom is -0.454 e. The molecule has 3 aromatic rings. The highest BCUT2D eigenvalue weighted by molar-refractivity contribution is 9.10. The van der Waals surface area contributed by atoms with Gasteiger partial charge in [-0.25, -0.2) is 0 Å². The Morgan fingerprint density at radius 2 is 1.35 bits per heavy atom. The third-order valence-electron chi connectivity index (χ3n) is 4.25. The van der Waals surface area contributed by atoms with E-state index in [4.69, 9.17) is 9.47 Å². The van der Waals surface area contributed by atoms with Crippen LogP contribution in [0.5, 0.6) is 11.5 Å². The minimum atomic E-state index is 0.288. The molecule has 1 heterocycles. The largest absolute Gasteiger partial charge is 0.454 e. The summed E-state index contributed by atoms with van der Waals surface area (Å²) < 4.78 is 13.2. The Morgan fingerprint density at radius 1 is 0.731 bits per heavy atom. The van der Waals surface area contributed by atoms with Crippen LogP contribution in [0.15, 0.2) is 75.7 Å². The molecule has 0 bridgehead atoms. The average Bonchev–Trinajstić information content (AvgIpc) is 3.09. The van der Waals surface area contributed by atoms with Crippen LogP contribution in [-0.4, -0.2) is 6.79 Å². The molecule has 0 unspecified atom stereocenters. The first-order chi connectivity index (χ1) is 12.7. The number of nitrogens with zero attached hydrogens (tertiary/aromatic N) is 1. The van der Waals surface area contributed by atoms with Gasteiger partial charge in [0.1, 0.15) is 0 Å². The average molecular weight is 475 g/mol. The molecule has 0 saturated carbocycles. The van der Waals surface area contributed by atoms with Crippen LogP contribution in [0.1, 0.15) is 11.1 Å². The molecule has 0 aromatic heterocycles. The zero-order chi connectivity index (χ0) is 17.9. The van der Waals surface area contributed by atoms with Crippen LogP contribution in [0.25, 0.3) is 0 Å². The summed E-state index contributed by atoms with van der Waals surface area (Å²) in [4.78, 5) is 2.34. The first kappa shape index (κ1) is 17.4. The van der Waals surface area contributed by atoms with Gasteiger partial charge in [-0.3, -0.25) is 0 Å². The fourth-order valence-corrected chi connectivity index (χ4v) is 3.93. The maximum Gasteiger partial charge on any atom is 0.231 e. The summed E-state index contributed by atoms with van der Waals surface area (Å²) in [5.41, 5.74) is 3.59. The molecule has 0 saturated heterocycles. The highest BCUT2D eigenvalue weighted by atomic mass is 79.9. The maximum absolute atomic E-state index is 5.56. The van der Waals surface area contributed by atoms with Gasteiger partial charge in [-0.2, -0.15) is 0 Å². The number of benzene rings is 3. The van der Waals surface area contributed by atoms with Crippen molar-refractivity contribution >= 4 is 37.5 Å². The predicted molar refractivity (Wildman–Crippen MR) is 111 cm³/mol. The van der Waals surface area contributed by atoms with Gasteiger partial charge in [0.2, 0.25) is 6.79 Å². The van der Waals surface area contributed by atoms with Gasteiger partial charge in [0.25, 0.3) is 0 Å². The Balaban J connectivity index is 1.66. The van der Waals surface area contributed by atoms with Crippen molar-refractivity contribution in [1.29, 1.82) is 0 Å². The van der Waals surface area contributed by atoms with E-state index in [1.165, 1.54) is 11.1 Å². The standard InChI is InChI=1S/C21H17Br2NO2/c22-17-5-1-3-15(9-17)12-24(13-16-4-2-6-18(23)10-16)19-7-8-20-21(11-19)26-14-25-20/h1-11H,12-14H2. The fraction of sp³-hybridized carbons (Fsp3) is 0.143. The van der Waals surface area contributed by atoms with Crippen LogP contribution in [0.2, 0.25) is 0 Å². The van der Waals surface area contributed by atoms with Crippen LogP contribution < -0.4 is 14.4 Å². The van der Waals surface area contributed by atoms with Crippen molar-refractivity contribution < 1.29 is 9.47 Å². The number of ether oxygens (including phenoxy) is 2. The zero-order valence-electron chi connectivity index (χ0n) is 14.0. The molecule has 0 radical (unpaired) electrons. The molecule has 0 amide bonds. The van der Waals surface area contributed by atoms with Gasteiger partial charge in [-0.05, 0) is 47.5 Å². The molecule has 3 aromatic carbocycles. The molecule has 0 atom stereocenters. The van der Waals surface area contributed by atoms with E-state index in [-0.39, 0.29) is 6.79 Å². The van der Waals surface area contributed by atoms with Crippen LogP contribution in [-0.2, 0) is 13.1 Å². The van der Waals surface area contributed by atoms with Crippen LogP contribution in [0.3, 0.4) is 0 Å². The van der Waals surface area contributed by atoms with Crippen molar-refractivity contribution in [3.63, 3.8) is 0 Å². The molecule has 5 heteroatoms. The monoisotopic (exact) mass is 473 g/mol. The van der Waals surface area contributed by atoms with Gasteiger partial charge < -0.3 is 14.4 Å². The molecular formula is C21H17Br2NO2. The second kappa shape index (κ2) is 7.72. The molecule has 0 fully saturated rings. The minimum absolute atomic E-state index is 0.288. The normalized spacial score (nSPS) is 12.2. The van der Waals surface area contributed by atoms with Crippen LogP contribution >= 0.6 is 31.9 Å². The van der Waals surface area contributed by atoms with Gasteiger partial charge in [0.05, 0.1) is 0 Å². The number of rotatable bonds is 5. The molecule has 1 aliphatic heterocycles. The lowest BCUT2D eigenvalue weighted by molar-refractivity contribution is 0.174. The molecule has 26 heavy (non-hydrogen) atoms. The molecule has 0 N–H and O–H groups in total.